The molecule has 26 heavy (non-hydrogen) atoms. The van der Waals surface area contributed by atoms with Crippen LogP contribution in [0, 0.1) is 0 Å². The van der Waals surface area contributed by atoms with Crippen molar-refractivity contribution < 1.29 is 14.6 Å². The van der Waals surface area contributed by atoms with E-state index in [4.69, 9.17) is 9.47 Å². The van der Waals surface area contributed by atoms with E-state index in [-0.39, 0.29) is 12.1 Å². The van der Waals surface area contributed by atoms with Crippen molar-refractivity contribution in [1.29, 1.82) is 0 Å². The van der Waals surface area contributed by atoms with Crippen molar-refractivity contribution in [2.75, 3.05) is 39.4 Å². The van der Waals surface area contributed by atoms with Crippen LogP contribution in [0.5, 0.6) is 11.5 Å². The van der Waals surface area contributed by atoms with E-state index < -0.39 is 0 Å². The number of aliphatic hydroxyl groups excluding tert-OH is 1. The lowest BCUT2D eigenvalue weighted by Crippen LogP contribution is -2.48. The smallest absolute Gasteiger partial charge is 0.127 e. The highest BCUT2D eigenvalue weighted by atomic mass is 16.5. The van der Waals surface area contributed by atoms with Crippen LogP contribution in [0.1, 0.15) is 5.56 Å². The van der Waals surface area contributed by atoms with E-state index in [0.717, 1.165) is 50.9 Å². The number of hydrogen-bond donors (Lipinski definition) is 1. The van der Waals surface area contributed by atoms with Crippen LogP contribution in [0.2, 0.25) is 0 Å². The van der Waals surface area contributed by atoms with Crippen LogP contribution in [-0.2, 0) is 11.3 Å². The van der Waals surface area contributed by atoms with E-state index in [1.165, 1.54) is 5.56 Å². The molecule has 2 aromatic carbocycles. The molecule has 2 aromatic rings. The summed E-state index contributed by atoms with van der Waals surface area (Å²) < 4.78 is 11.4. The van der Waals surface area contributed by atoms with Crippen molar-refractivity contribution in [3.63, 3.8) is 0 Å². The zero-order valence-electron chi connectivity index (χ0n) is 15.0. The molecule has 1 N–H and O–H groups in total. The van der Waals surface area contributed by atoms with Gasteiger partial charge in [-0.15, -0.1) is 0 Å². The van der Waals surface area contributed by atoms with Gasteiger partial charge in [-0.1, -0.05) is 30.3 Å². The van der Waals surface area contributed by atoms with Gasteiger partial charge in [-0.2, -0.15) is 0 Å². The summed E-state index contributed by atoms with van der Waals surface area (Å²) in [5, 5.41) is 10.5. The van der Waals surface area contributed by atoms with Crippen LogP contribution in [0.15, 0.2) is 54.6 Å². The predicted molar refractivity (Wildman–Crippen MR) is 100 cm³/mol. The summed E-state index contributed by atoms with van der Waals surface area (Å²) in [7, 11) is 0. The van der Waals surface area contributed by atoms with Gasteiger partial charge < -0.3 is 14.6 Å². The first-order valence-corrected chi connectivity index (χ1v) is 9.32. The minimum absolute atomic E-state index is 0.211. The molecule has 2 heterocycles. The third kappa shape index (κ3) is 4.24. The Labute approximate surface area is 154 Å². The van der Waals surface area contributed by atoms with E-state index in [0.29, 0.717) is 6.54 Å². The second-order valence-electron chi connectivity index (χ2n) is 7.04. The molecule has 0 bridgehead atoms. The molecule has 0 unspecified atom stereocenters. The Kier molecular flexibility index (Phi) is 5.51. The Hall–Kier alpha value is -1.92. The van der Waals surface area contributed by atoms with Crippen molar-refractivity contribution in [3.05, 3.63) is 60.2 Å². The van der Waals surface area contributed by atoms with E-state index in [2.05, 4.69) is 21.9 Å². The molecule has 5 heteroatoms. The Morgan fingerprint density at radius 3 is 2.54 bits per heavy atom. The van der Waals surface area contributed by atoms with Crippen LogP contribution < -0.4 is 4.74 Å². The first-order chi connectivity index (χ1) is 12.8. The van der Waals surface area contributed by atoms with Crippen LogP contribution in [0.4, 0.5) is 0 Å². The van der Waals surface area contributed by atoms with Gasteiger partial charge in [0.15, 0.2) is 0 Å². The van der Waals surface area contributed by atoms with Gasteiger partial charge in [-0.3, -0.25) is 9.80 Å². The van der Waals surface area contributed by atoms with E-state index in [1.54, 1.807) is 0 Å². The van der Waals surface area contributed by atoms with Gasteiger partial charge in [0, 0.05) is 38.8 Å². The summed E-state index contributed by atoms with van der Waals surface area (Å²) in [5.41, 5.74) is 1.20. The molecular weight excluding hydrogens is 328 g/mol. The number of hydrogen-bond acceptors (Lipinski definition) is 5. The average molecular weight is 354 g/mol. The monoisotopic (exact) mass is 354 g/mol. The minimum Gasteiger partial charge on any atom is -0.457 e. The fourth-order valence-electron chi connectivity index (χ4n) is 3.83. The molecule has 138 valence electrons. The quantitative estimate of drug-likeness (QED) is 0.893. The SMILES string of the molecule is O[C@@H]1CN(Cc2cccc(Oc3ccccc3)c2)C[C@H]1N1CCOCC1. The van der Waals surface area contributed by atoms with E-state index >= 15 is 0 Å². The second-order valence-corrected chi connectivity index (χ2v) is 7.04. The number of benzene rings is 2. The summed E-state index contributed by atoms with van der Waals surface area (Å²) in [6.45, 7) is 5.79. The summed E-state index contributed by atoms with van der Waals surface area (Å²) in [5.74, 6) is 1.69. The number of morpholine rings is 1. The zero-order valence-corrected chi connectivity index (χ0v) is 15.0. The normalized spacial score (nSPS) is 24.7. The predicted octanol–water partition coefficient (Wildman–Crippen LogP) is 2.36. The van der Waals surface area contributed by atoms with Crippen molar-refractivity contribution in [1.82, 2.24) is 9.80 Å². The standard InChI is InChI=1S/C21H26N2O3/c24-21-16-22(15-20(21)23-9-11-25-12-10-23)14-17-5-4-8-19(13-17)26-18-6-2-1-3-7-18/h1-8,13,20-21,24H,9-12,14-16H2/t20-,21-/m1/s1. The van der Waals surface area contributed by atoms with Crippen LogP contribution in [-0.4, -0.2) is 66.4 Å². The van der Waals surface area contributed by atoms with Gasteiger partial charge in [0.2, 0.25) is 0 Å². The maximum atomic E-state index is 10.5. The summed E-state index contributed by atoms with van der Waals surface area (Å²) in [6, 6.07) is 18.2. The Balaban J connectivity index is 1.37. The summed E-state index contributed by atoms with van der Waals surface area (Å²) >= 11 is 0. The summed E-state index contributed by atoms with van der Waals surface area (Å²) in [4.78, 5) is 4.69. The zero-order chi connectivity index (χ0) is 17.8. The first kappa shape index (κ1) is 17.5. The largest absolute Gasteiger partial charge is 0.457 e. The highest BCUT2D eigenvalue weighted by Crippen LogP contribution is 2.24. The molecule has 0 radical (unpaired) electrons. The van der Waals surface area contributed by atoms with Crippen LogP contribution in [0.3, 0.4) is 0 Å². The Bertz CT molecular complexity index is 703. The van der Waals surface area contributed by atoms with Gasteiger partial charge in [0.1, 0.15) is 11.5 Å². The fraction of sp³-hybridized carbons (Fsp3) is 0.429. The van der Waals surface area contributed by atoms with Gasteiger partial charge in [-0.05, 0) is 29.8 Å². The Morgan fingerprint density at radius 1 is 0.962 bits per heavy atom. The van der Waals surface area contributed by atoms with Crippen molar-refractivity contribution in [2.24, 2.45) is 0 Å². The van der Waals surface area contributed by atoms with Gasteiger partial charge in [0.25, 0.3) is 0 Å². The lowest BCUT2D eigenvalue weighted by molar-refractivity contribution is -0.00618. The third-order valence-electron chi connectivity index (χ3n) is 5.13. The number of para-hydroxylation sites is 1. The summed E-state index contributed by atoms with van der Waals surface area (Å²) in [6.07, 6.45) is -0.295. The van der Waals surface area contributed by atoms with Crippen molar-refractivity contribution >= 4 is 0 Å². The molecule has 0 aromatic heterocycles. The average Bonchev–Trinajstić information content (AvgIpc) is 3.04. The highest BCUT2D eigenvalue weighted by Gasteiger charge is 2.35. The lowest BCUT2D eigenvalue weighted by Gasteiger charge is -2.33. The molecular formula is C21H26N2O3. The first-order valence-electron chi connectivity index (χ1n) is 9.32. The molecule has 2 aliphatic heterocycles. The van der Waals surface area contributed by atoms with Gasteiger partial charge in [0.05, 0.1) is 19.3 Å². The van der Waals surface area contributed by atoms with Crippen LogP contribution in [0.25, 0.3) is 0 Å². The topological polar surface area (TPSA) is 45.2 Å². The molecule has 2 atom stereocenters. The lowest BCUT2D eigenvalue weighted by atomic mass is 10.1. The maximum absolute atomic E-state index is 10.5. The molecule has 2 aliphatic rings. The molecule has 0 amide bonds. The maximum Gasteiger partial charge on any atom is 0.127 e. The molecule has 2 saturated heterocycles. The Morgan fingerprint density at radius 2 is 1.73 bits per heavy atom. The number of aliphatic hydroxyl groups is 1. The molecule has 0 saturated carbocycles. The number of nitrogens with zero attached hydrogens (tertiary/aromatic N) is 2. The van der Waals surface area contributed by atoms with Crippen LogP contribution >= 0.6 is 0 Å². The number of β-amino-alcohol motifs (C(OH)–C–C–N with tert-alkyl or cyclic N) is 1. The van der Waals surface area contributed by atoms with E-state index in [1.807, 2.05) is 42.5 Å². The second kappa shape index (κ2) is 8.18. The van der Waals surface area contributed by atoms with E-state index in [9.17, 15) is 5.11 Å². The van der Waals surface area contributed by atoms with Crippen molar-refractivity contribution in [3.8, 4) is 11.5 Å². The van der Waals surface area contributed by atoms with Gasteiger partial charge in [-0.25, -0.2) is 0 Å². The molecule has 0 spiro atoms. The molecule has 4 rings (SSSR count). The molecule has 5 nitrogen and oxygen atoms in total. The minimum atomic E-state index is -0.295. The van der Waals surface area contributed by atoms with Gasteiger partial charge >= 0.3 is 0 Å². The molecule has 2 fully saturated rings. The number of likely N-dealkylation sites (tertiary alicyclic amines) is 1. The van der Waals surface area contributed by atoms with Crippen molar-refractivity contribution in [2.45, 2.75) is 18.7 Å². The number of ether oxygens (including phenoxy) is 2. The third-order valence-corrected chi connectivity index (χ3v) is 5.13. The highest BCUT2D eigenvalue weighted by molar-refractivity contribution is 5.33. The fourth-order valence-corrected chi connectivity index (χ4v) is 3.83. The number of rotatable bonds is 5. The molecule has 0 aliphatic carbocycles.